The van der Waals surface area contributed by atoms with Crippen LogP contribution in [-0.4, -0.2) is 33.7 Å². The number of carboxylic acids is 1. The van der Waals surface area contributed by atoms with Crippen LogP contribution in [0.1, 0.15) is 38.5 Å². The highest BCUT2D eigenvalue weighted by Gasteiger charge is 2.42. The molecular formula is C11H17NO4. The molecule has 1 saturated heterocycles. The van der Waals surface area contributed by atoms with Crippen LogP contribution in [0.4, 0.5) is 0 Å². The zero-order chi connectivity index (χ0) is 11.8. The van der Waals surface area contributed by atoms with Gasteiger partial charge in [0, 0.05) is 5.92 Å². The van der Waals surface area contributed by atoms with Crippen molar-refractivity contribution in [3.63, 3.8) is 0 Å². The largest absolute Gasteiger partial charge is 0.480 e. The van der Waals surface area contributed by atoms with Gasteiger partial charge in [0.1, 0.15) is 6.04 Å². The van der Waals surface area contributed by atoms with E-state index in [1.807, 2.05) is 0 Å². The first-order chi connectivity index (χ1) is 7.50. The van der Waals surface area contributed by atoms with E-state index in [0.29, 0.717) is 12.8 Å². The van der Waals surface area contributed by atoms with E-state index in [1.165, 1.54) is 0 Å². The quantitative estimate of drug-likeness (QED) is 0.646. The fourth-order valence-electron chi connectivity index (χ4n) is 2.77. The van der Waals surface area contributed by atoms with E-state index in [4.69, 9.17) is 5.11 Å². The average Bonchev–Trinajstić information content (AvgIpc) is 2.75. The van der Waals surface area contributed by atoms with Crippen LogP contribution in [-0.2, 0) is 9.59 Å². The molecule has 1 amide bonds. The Morgan fingerprint density at radius 3 is 2.56 bits per heavy atom. The van der Waals surface area contributed by atoms with Gasteiger partial charge in [0.2, 0.25) is 5.91 Å². The van der Waals surface area contributed by atoms with Crippen molar-refractivity contribution >= 4 is 11.9 Å². The highest BCUT2D eigenvalue weighted by molar-refractivity contribution is 5.88. The normalized spacial score (nSPS) is 32.7. The number of amides is 1. The standard InChI is InChI=1S/C11H17NO4/c13-9-7(5-8(12-9)10(14)15)6-11(16)3-1-2-4-11/h7-8,16H,1-6H2,(H,12,13)(H,14,15)/t7?,8-/m0/s1. The number of nitrogens with one attached hydrogen (secondary N) is 1. The summed E-state index contributed by atoms with van der Waals surface area (Å²) in [5.41, 5.74) is -0.741. The van der Waals surface area contributed by atoms with Crippen LogP contribution >= 0.6 is 0 Å². The molecule has 0 aromatic heterocycles. The lowest BCUT2D eigenvalue weighted by Crippen LogP contribution is -2.33. The van der Waals surface area contributed by atoms with Crippen molar-refractivity contribution < 1.29 is 19.8 Å². The Morgan fingerprint density at radius 2 is 2.06 bits per heavy atom. The average molecular weight is 227 g/mol. The molecule has 0 radical (unpaired) electrons. The van der Waals surface area contributed by atoms with E-state index in [1.54, 1.807) is 0 Å². The first-order valence-corrected chi connectivity index (χ1v) is 5.76. The van der Waals surface area contributed by atoms with Crippen LogP contribution in [0.5, 0.6) is 0 Å². The fourth-order valence-corrected chi connectivity index (χ4v) is 2.77. The van der Waals surface area contributed by atoms with Gasteiger partial charge in [0.05, 0.1) is 5.60 Å². The van der Waals surface area contributed by atoms with E-state index in [-0.39, 0.29) is 11.8 Å². The Labute approximate surface area is 93.8 Å². The maximum Gasteiger partial charge on any atom is 0.326 e. The zero-order valence-corrected chi connectivity index (χ0v) is 9.11. The third-order valence-electron chi connectivity index (χ3n) is 3.67. The predicted molar refractivity (Wildman–Crippen MR) is 55.7 cm³/mol. The van der Waals surface area contributed by atoms with Crippen molar-refractivity contribution in [2.24, 2.45) is 5.92 Å². The summed E-state index contributed by atoms with van der Waals surface area (Å²) in [5.74, 6) is -1.56. The number of aliphatic hydroxyl groups is 1. The second-order valence-electron chi connectivity index (χ2n) is 4.97. The summed E-state index contributed by atoms with van der Waals surface area (Å²) in [6.07, 6.45) is 4.16. The highest BCUT2D eigenvalue weighted by Crippen LogP contribution is 2.37. The second kappa shape index (κ2) is 4.05. The highest BCUT2D eigenvalue weighted by atomic mass is 16.4. The van der Waals surface area contributed by atoms with Gasteiger partial charge in [0.25, 0.3) is 0 Å². The molecule has 16 heavy (non-hydrogen) atoms. The van der Waals surface area contributed by atoms with Crippen LogP contribution in [0, 0.1) is 5.92 Å². The Balaban J connectivity index is 1.95. The number of rotatable bonds is 3. The molecule has 2 aliphatic rings. The molecule has 1 heterocycles. The van der Waals surface area contributed by atoms with Gasteiger partial charge in [-0.15, -0.1) is 0 Å². The Morgan fingerprint density at radius 1 is 1.44 bits per heavy atom. The summed E-state index contributed by atoms with van der Waals surface area (Å²) in [6, 6.07) is -0.775. The van der Waals surface area contributed by atoms with E-state index in [0.717, 1.165) is 25.7 Å². The first-order valence-electron chi connectivity index (χ1n) is 5.76. The van der Waals surface area contributed by atoms with Crippen molar-refractivity contribution in [3.05, 3.63) is 0 Å². The molecule has 1 aliphatic carbocycles. The van der Waals surface area contributed by atoms with Gasteiger partial charge in [-0.1, -0.05) is 12.8 Å². The minimum absolute atomic E-state index is 0.229. The summed E-state index contributed by atoms with van der Waals surface area (Å²) in [5, 5.41) is 21.4. The van der Waals surface area contributed by atoms with Crippen molar-refractivity contribution in [2.75, 3.05) is 0 Å². The topological polar surface area (TPSA) is 86.6 Å². The Kier molecular flexibility index (Phi) is 2.88. The minimum Gasteiger partial charge on any atom is -0.480 e. The number of carboxylic acid groups (broad SMARTS) is 1. The zero-order valence-electron chi connectivity index (χ0n) is 9.11. The summed E-state index contributed by atoms with van der Waals surface area (Å²) in [4.78, 5) is 22.3. The van der Waals surface area contributed by atoms with Gasteiger partial charge in [0.15, 0.2) is 0 Å². The summed E-state index contributed by atoms with van der Waals surface area (Å²) >= 11 is 0. The van der Waals surface area contributed by atoms with Crippen LogP contribution < -0.4 is 5.32 Å². The summed E-state index contributed by atoms with van der Waals surface area (Å²) in [6.45, 7) is 0. The van der Waals surface area contributed by atoms with Gasteiger partial charge in [-0.05, 0) is 25.7 Å². The number of carbonyl (C=O) groups is 2. The number of aliphatic carboxylic acids is 1. The molecule has 2 fully saturated rings. The maximum atomic E-state index is 11.5. The monoisotopic (exact) mass is 227 g/mol. The minimum atomic E-state index is -0.991. The van der Waals surface area contributed by atoms with E-state index in [9.17, 15) is 14.7 Å². The van der Waals surface area contributed by atoms with Gasteiger partial charge in [-0.2, -0.15) is 0 Å². The van der Waals surface area contributed by atoms with Gasteiger partial charge >= 0.3 is 5.97 Å². The first kappa shape index (κ1) is 11.4. The van der Waals surface area contributed by atoms with Crippen LogP contribution in [0.3, 0.4) is 0 Å². The molecule has 0 aromatic carbocycles. The van der Waals surface area contributed by atoms with Crippen LogP contribution in [0.25, 0.3) is 0 Å². The molecular weight excluding hydrogens is 210 g/mol. The predicted octanol–water partition coefficient (Wildman–Crippen LogP) is 0.271. The number of hydrogen-bond acceptors (Lipinski definition) is 3. The van der Waals surface area contributed by atoms with E-state index < -0.39 is 17.6 Å². The van der Waals surface area contributed by atoms with Crippen molar-refractivity contribution in [3.8, 4) is 0 Å². The lowest BCUT2D eigenvalue weighted by molar-refractivity contribution is -0.140. The Hall–Kier alpha value is -1.10. The van der Waals surface area contributed by atoms with Gasteiger partial charge in [-0.3, -0.25) is 4.79 Å². The molecule has 3 N–H and O–H groups in total. The van der Waals surface area contributed by atoms with Crippen LogP contribution in [0.15, 0.2) is 0 Å². The fraction of sp³-hybridized carbons (Fsp3) is 0.818. The molecule has 5 nitrogen and oxygen atoms in total. The third kappa shape index (κ3) is 2.19. The SMILES string of the molecule is O=C1N[C@H](C(=O)O)CC1CC1(O)CCCC1. The van der Waals surface area contributed by atoms with E-state index >= 15 is 0 Å². The molecule has 0 aromatic rings. The van der Waals surface area contributed by atoms with E-state index in [2.05, 4.69) is 5.32 Å². The van der Waals surface area contributed by atoms with Crippen LogP contribution in [0.2, 0.25) is 0 Å². The Bertz CT molecular complexity index is 309. The number of carbonyl (C=O) groups excluding carboxylic acids is 1. The molecule has 1 saturated carbocycles. The van der Waals surface area contributed by atoms with Gasteiger partial charge in [-0.25, -0.2) is 4.79 Å². The second-order valence-corrected chi connectivity index (χ2v) is 4.97. The lowest BCUT2D eigenvalue weighted by atomic mass is 9.87. The lowest BCUT2D eigenvalue weighted by Gasteiger charge is -2.24. The molecule has 1 aliphatic heterocycles. The van der Waals surface area contributed by atoms with Crippen molar-refractivity contribution in [2.45, 2.75) is 50.2 Å². The smallest absolute Gasteiger partial charge is 0.326 e. The molecule has 90 valence electrons. The maximum absolute atomic E-state index is 11.5. The van der Waals surface area contributed by atoms with Gasteiger partial charge < -0.3 is 15.5 Å². The van der Waals surface area contributed by atoms with Crippen molar-refractivity contribution in [1.29, 1.82) is 0 Å². The molecule has 2 atom stereocenters. The third-order valence-corrected chi connectivity index (χ3v) is 3.67. The van der Waals surface area contributed by atoms with Crippen molar-refractivity contribution in [1.82, 2.24) is 5.32 Å². The summed E-state index contributed by atoms with van der Waals surface area (Å²) < 4.78 is 0. The number of hydrogen-bond donors (Lipinski definition) is 3. The summed E-state index contributed by atoms with van der Waals surface area (Å²) in [7, 11) is 0. The molecule has 0 spiro atoms. The molecule has 1 unspecified atom stereocenters. The molecule has 5 heteroatoms. The molecule has 2 rings (SSSR count). The molecule has 0 bridgehead atoms.